The smallest absolute Gasteiger partial charge is 0.276 e. The van der Waals surface area contributed by atoms with E-state index in [1.54, 1.807) is 23.1 Å². The SMILES string of the molecule is CCCN1C(=O)C(=Cc2ccc(-c3ccc(Cl)cc3)o2)NC1=S. The highest BCUT2D eigenvalue weighted by molar-refractivity contribution is 7.80. The molecule has 1 aromatic heterocycles. The Morgan fingerprint density at radius 1 is 1.26 bits per heavy atom. The maximum Gasteiger partial charge on any atom is 0.276 e. The molecule has 2 heterocycles. The van der Waals surface area contributed by atoms with E-state index in [1.807, 2.05) is 31.2 Å². The summed E-state index contributed by atoms with van der Waals surface area (Å²) in [5, 5.41) is 4.05. The molecule has 0 aliphatic carbocycles. The highest BCUT2D eigenvalue weighted by atomic mass is 35.5. The van der Waals surface area contributed by atoms with Crippen LogP contribution in [0.1, 0.15) is 19.1 Å². The number of rotatable bonds is 4. The molecule has 1 aliphatic rings. The van der Waals surface area contributed by atoms with Gasteiger partial charge in [0.2, 0.25) is 0 Å². The summed E-state index contributed by atoms with van der Waals surface area (Å²) in [6.07, 6.45) is 2.52. The normalized spacial score (nSPS) is 16.3. The molecule has 0 atom stereocenters. The molecule has 2 aromatic rings. The van der Waals surface area contributed by atoms with E-state index in [0.29, 0.717) is 33.9 Å². The topological polar surface area (TPSA) is 45.5 Å². The molecular weight excluding hydrogens is 332 g/mol. The number of benzene rings is 1. The second-order valence-electron chi connectivity index (χ2n) is 5.15. The van der Waals surface area contributed by atoms with Crippen LogP contribution in [0.4, 0.5) is 0 Å². The molecule has 0 spiro atoms. The molecule has 1 saturated heterocycles. The molecule has 1 aliphatic heterocycles. The number of nitrogens with zero attached hydrogens (tertiary/aromatic N) is 1. The first-order valence-corrected chi connectivity index (χ1v) is 8.07. The van der Waals surface area contributed by atoms with Crippen molar-refractivity contribution >= 4 is 40.9 Å². The first-order chi connectivity index (χ1) is 11.1. The van der Waals surface area contributed by atoms with Crippen molar-refractivity contribution in [2.45, 2.75) is 13.3 Å². The number of amides is 1. The summed E-state index contributed by atoms with van der Waals surface area (Å²) in [5.41, 5.74) is 1.35. The molecule has 3 rings (SSSR count). The van der Waals surface area contributed by atoms with Gasteiger partial charge >= 0.3 is 0 Å². The van der Waals surface area contributed by atoms with Gasteiger partial charge in [-0.05, 0) is 55.0 Å². The lowest BCUT2D eigenvalue weighted by atomic mass is 10.2. The quantitative estimate of drug-likeness (QED) is 0.669. The molecule has 6 heteroatoms. The molecule has 0 radical (unpaired) electrons. The lowest BCUT2D eigenvalue weighted by Crippen LogP contribution is -2.31. The van der Waals surface area contributed by atoms with Gasteiger partial charge in [0, 0.05) is 23.2 Å². The van der Waals surface area contributed by atoms with Crippen LogP contribution in [-0.4, -0.2) is 22.5 Å². The minimum atomic E-state index is -0.124. The summed E-state index contributed by atoms with van der Waals surface area (Å²) in [6, 6.07) is 11.1. The van der Waals surface area contributed by atoms with Gasteiger partial charge in [0.05, 0.1) is 0 Å². The van der Waals surface area contributed by atoms with Crippen molar-refractivity contribution in [3.63, 3.8) is 0 Å². The first kappa shape index (κ1) is 15.8. The Morgan fingerprint density at radius 2 is 2.00 bits per heavy atom. The summed E-state index contributed by atoms with van der Waals surface area (Å²) in [4.78, 5) is 13.8. The van der Waals surface area contributed by atoms with E-state index in [-0.39, 0.29) is 5.91 Å². The third kappa shape index (κ3) is 3.30. The van der Waals surface area contributed by atoms with Crippen LogP contribution in [0.25, 0.3) is 17.4 Å². The average Bonchev–Trinajstić information content (AvgIpc) is 3.09. The summed E-state index contributed by atoms with van der Waals surface area (Å²) < 4.78 is 5.78. The van der Waals surface area contributed by atoms with Crippen LogP contribution in [-0.2, 0) is 4.79 Å². The summed E-state index contributed by atoms with van der Waals surface area (Å²) in [5.74, 6) is 1.18. The van der Waals surface area contributed by atoms with E-state index in [2.05, 4.69) is 5.32 Å². The third-order valence-corrected chi connectivity index (χ3v) is 4.03. The third-order valence-electron chi connectivity index (χ3n) is 3.45. The van der Waals surface area contributed by atoms with Gasteiger partial charge in [-0.25, -0.2) is 0 Å². The number of halogens is 1. The maximum atomic E-state index is 12.3. The molecule has 1 fully saturated rings. The van der Waals surface area contributed by atoms with E-state index < -0.39 is 0 Å². The number of hydrogen-bond acceptors (Lipinski definition) is 3. The van der Waals surface area contributed by atoms with Gasteiger partial charge in [-0.15, -0.1) is 0 Å². The lowest BCUT2D eigenvalue weighted by Gasteiger charge is -2.11. The van der Waals surface area contributed by atoms with E-state index >= 15 is 0 Å². The van der Waals surface area contributed by atoms with Gasteiger partial charge in [-0.2, -0.15) is 0 Å². The molecule has 0 bridgehead atoms. The Hall–Kier alpha value is -2.11. The number of nitrogens with one attached hydrogen (secondary N) is 1. The molecular formula is C17H15ClN2O2S. The zero-order valence-electron chi connectivity index (χ0n) is 12.5. The van der Waals surface area contributed by atoms with Gasteiger partial charge in [0.15, 0.2) is 5.11 Å². The van der Waals surface area contributed by atoms with Crippen LogP contribution in [0.2, 0.25) is 5.02 Å². The van der Waals surface area contributed by atoms with E-state index in [0.717, 1.165) is 12.0 Å². The molecule has 1 amide bonds. The van der Waals surface area contributed by atoms with Crippen molar-refractivity contribution in [1.29, 1.82) is 0 Å². The molecule has 1 aromatic carbocycles. The predicted octanol–water partition coefficient (Wildman–Crippen LogP) is 4.07. The largest absolute Gasteiger partial charge is 0.457 e. The Bertz CT molecular complexity index is 780. The van der Waals surface area contributed by atoms with E-state index in [9.17, 15) is 4.79 Å². The zero-order chi connectivity index (χ0) is 16.4. The highest BCUT2D eigenvalue weighted by Gasteiger charge is 2.29. The number of thiocarbonyl (C=S) groups is 1. The zero-order valence-corrected chi connectivity index (χ0v) is 14.1. The number of carbonyl (C=O) groups is 1. The van der Waals surface area contributed by atoms with Crippen LogP contribution in [0, 0.1) is 0 Å². The van der Waals surface area contributed by atoms with Crippen LogP contribution in [0.5, 0.6) is 0 Å². The Kier molecular flexibility index (Phi) is 4.50. The Morgan fingerprint density at radius 3 is 2.70 bits per heavy atom. The van der Waals surface area contributed by atoms with Crippen LogP contribution in [0.15, 0.2) is 46.5 Å². The molecule has 0 saturated carbocycles. The maximum absolute atomic E-state index is 12.3. The van der Waals surface area contributed by atoms with Gasteiger partial charge in [0.1, 0.15) is 17.2 Å². The fourth-order valence-electron chi connectivity index (χ4n) is 2.34. The van der Waals surface area contributed by atoms with Gasteiger partial charge in [-0.3, -0.25) is 9.69 Å². The van der Waals surface area contributed by atoms with Crippen LogP contribution < -0.4 is 5.32 Å². The number of furan rings is 1. The summed E-state index contributed by atoms with van der Waals surface area (Å²) >= 11 is 11.1. The average molecular weight is 347 g/mol. The van der Waals surface area contributed by atoms with Crippen molar-refractivity contribution in [1.82, 2.24) is 10.2 Å². The molecule has 4 nitrogen and oxygen atoms in total. The molecule has 23 heavy (non-hydrogen) atoms. The molecule has 1 N–H and O–H groups in total. The second kappa shape index (κ2) is 6.56. The van der Waals surface area contributed by atoms with Crippen molar-refractivity contribution in [3.05, 3.63) is 52.9 Å². The number of carbonyl (C=O) groups excluding carboxylic acids is 1. The highest BCUT2D eigenvalue weighted by Crippen LogP contribution is 2.25. The fraction of sp³-hybridized carbons (Fsp3) is 0.176. The lowest BCUT2D eigenvalue weighted by molar-refractivity contribution is -0.122. The van der Waals surface area contributed by atoms with E-state index in [1.165, 1.54) is 0 Å². The first-order valence-electron chi connectivity index (χ1n) is 7.29. The van der Waals surface area contributed by atoms with Crippen LogP contribution >= 0.6 is 23.8 Å². The summed E-state index contributed by atoms with van der Waals surface area (Å²) in [7, 11) is 0. The van der Waals surface area contributed by atoms with Crippen LogP contribution in [0.3, 0.4) is 0 Å². The Balaban J connectivity index is 1.82. The summed E-state index contributed by atoms with van der Waals surface area (Å²) in [6.45, 7) is 2.61. The predicted molar refractivity (Wildman–Crippen MR) is 94.9 cm³/mol. The van der Waals surface area contributed by atoms with Crippen molar-refractivity contribution < 1.29 is 9.21 Å². The minimum absolute atomic E-state index is 0.124. The van der Waals surface area contributed by atoms with Gasteiger partial charge < -0.3 is 9.73 Å². The fourth-order valence-corrected chi connectivity index (χ4v) is 2.75. The van der Waals surface area contributed by atoms with Gasteiger partial charge in [-0.1, -0.05) is 18.5 Å². The Labute approximate surface area is 144 Å². The van der Waals surface area contributed by atoms with Gasteiger partial charge in [0.25, 0.3) is 5.91 Å². The molecule has 0 unspecified atom stereocenters. The standard InChI is InChI=1S/C17H15ClN2O2S/c1-2-9-20-16(21)14(19-17(20)23)10-13-7-8-15(22-13)11-3-5-12(18)6-4-11/h3-8,10H,2,9H2,1H3,(H,19,23). The van der Waals surface area contributed by atoms with E-state index in [4.69, 9.17) is 28.2 Å². The van der Waals surface area contributed by atoms with Crippen molar-refractivity contribution in [2.24, 2.45) is 0 Å². The number of hydrogen-bond donors (Lipinski definition) is 1. The van der Waals surface area contributed by atoms with Crippen molar-refractivity contribution in [3.8, 4) is 11.3 Å². The van der Waals surface area contributed by atoms with Crippen molar-refractivity contribution in [2.75, 3.05) is 6.54 Å². The second-order valence-corrected chi connectivity index (χ2v) is 5.98. The molecule has 118 valence electrons. The minimum Gasteiger partial charge on any atom is -0.457 e. The monoisotopic (exact) mass is 346 g/mol.